The molecule has 7 heteroatoms. The number of aryl methyl sites for hydroxylation is 2. The van der Waals surface area contributed by atoms with Gasteiger partial charge in [0.25, 0.3) is 5.56 Å². The number of fused-ring (bicyclic) bond motifs is 1. The molecule has 0 amide bonds. The third-order valence-electron chi connectivity index (χ3n) is 5.41. The van der Waals surface area contributed by atoms with E-state index >= 15 is 0 Å². The molecular formula is C24H20N4O3. The van der Waals surface area contributed by atoms with Crippen LogP contribution in [0.2, 0.25) is 0 Å². The minimum absolute atomic E-state index is 0.225. The third kappa shape index (κ3) is 3.11. The highest BCUT2D eigenvalue weighted by molar-refractivity contribution is 5.78. The Morgan fingerprint density at radius 1 is 0.968 bits per heavy atom. The van der Waals surface area contributed by atoms with E-state index in [0.717, 1.165) is 11.3 Å². The van der Waals surface area contributed by atoms with Gasteiger partial charge in [0, 0.05) is 0 Å². The van der Waals surface area contributed by atoms with E-state index in [9.17, 15) is 4.79 Å². The van der Waals surface area contributed by atoms with E-state index in [0.29, 0.717) is 34.1 Å². The van der Waals surface area contributed by atoms with Gasteiger partial charge in [-0.05, 0) is 73.5 Å². The van der Waals surface area contributed by atoms with Crippen molar-refractivity contribution in [3.8, 4) is 28.7 Å². The van der Waals surface area contributed by atoms with E-state index < -0.39 is 0 Å². The fourth-order valence-corrected chi connectivity index (χ4v) is 3.56. The minimum atomic E-state index is -0.225. The number of nitrogens with zero attached hydrogens (tertiary/aromatic N) is 4. The molecule has 0 fully saturated rings. The van der Waals surface area contributed by atoms with Crippen molar-refractivity contribution in [1.29, 1.82) is 0 Å². The SMILES string of the molecule is COc1ccc(-n2c(-c3ccco3)nc3c(cnn3-c3ccc(C)c(C)c3)c2=O)cc1. The zero-order valence-electron chi connectivity index (χ0n) is 17.4. The first-order chi connectivity index (χ1) is 15.1. The van der Waals surface area contributed by atoms with Gasteiger partial charge in [0.05, 0.1) is 30.9 Å². The lowest BCUT2D eigenvalue weighted by molar-refractivity contribution is 0.414. The van der Waals surface area contributed by atoms with Crippen LogP contribution in [-0.2, 0) is 0 Å². The molecule has 3 heterocycles. The number of ether oxygens (including phenoxy) is 1. The molecule has 31 heavy (non-hydrogen) atoms. The van der Waals surface area contributed by atoms with Crippen molar-refractivity contribution in [1.82, 2.24) is 19.3 Å². The number of benzene rings is 2. The number of methoxy groups -OCH3 is 1. The summed E-state index contributed by atoms with van der Waals surface area (Å²) in [5.41, 5.74) is 4.08. The quantitative estimate of drug-likeness (QED) is 0.436. The predicted octanol–water partition coefficient (Wildman–Crippen LogP) is 4.46. The number of aromatic nitrogens is 4. The fraction of sp³-hybridized carbons (Fsp3) is 0.125. The molecule has 0 aliphatic rings. The van der Waals surface area contributed by atoms with Gasteiger partial charge >= 0.3 is 0 Å². The highest BCUT2D eigenvalue weighted by Crippen LogP contribution is 2.25. The van der Waals surface area contributed by atoms with Gasteiger partial charge in [-0.2, -0.15) is 5.10 Å². The van der Waals surface area contributed by atoms with Crippen molar-refractivity contribution in [3.05, 3.63) is 88.5 Å². The second-order valence-corrected chi connectivity index (χ2v) is 7.31. The van der Waals surface area contributed by atoms with E-state index in [1.54, 1.807) is 48.5 Å². The maximum Gasteiger partial charge on any atom is 0.269 e. The first-order valence-electron chi connectivity index (χ1n) is 9.83. The second kappa shape index (κ2) is 7.28. The van der Waals surface area contributed by atoms with Crippen molar-refractivity contribution >= 4 is 11.0 Å². The minimum Gasteiger partial charge on any atom is -0.497 e. The molecule has 7 nitrogen and oxygen atoms in total. The third-order valence-corrected chi connectivity index (χ3v) is 5.41. The zero-order valence-corrected chi connectivity index (χ0v) is 17.4. The average molecular weight is 412 g/mol. The van der Waals surface area contributed by atoms with Gasteiger partial charge in [-0.3, -0.25) is 9.36 Å². The molecule has 2 aromatic carbocycles. The van der Waals surface area contributed by atoms with Gasteiger partial charge in [-0.25, -0.2) is 9.67 Å². The molecule has 3 aromatic heterocycles. The summed E-state index contributed by atoms with van der Waals surface area (Å²) in [4.78, 5) is 18.4. The Bertz CT molecular complexity index is 1450. The summed E-state index contributed by atoms with van der Waals surface area (Å²) in [6.45, 7) is 4.10. The van der Waals surface area contributed by atoms with Crippen molar-refractivity contribution in [3.63, 3.8) is 0 Å². The molecule has 0 bridgehead atoms. The van der Waals surface area contributed by atoms with Crippen LogP contribution in [0, 0.1) is 13.8 Å². The van der Waals surface area contributed by atoms with E-state index in [4.69, 9.17) is 14.1 Å². The Labute approximate surface area is 178 Å². The van der Waals surface area contributed by atoms with E-state index in [1.165, 1.54) is 10.1 Å². The van der Waals surface area contributed by atoms with Gasteiger partial charge in [0.1, 0.15) is 11.1 Å². The highest BCUT2D eigenvalue weighted by Gasteiger charge is 2.20. The predicted molar refractivity (Wildman–Crippen MR) is 118 cm³/mol. The molecule has 0 spiro atoms. The lowest BCUT2D eigenvalue weighted by Crippen LogP contribution is -2.21. The maximum absolute atomic E-state index is 13.6. The Hall–Kier alpha value is -4.13. The Morgan fingerprint density at radius 3 is 2.42 bits per heavy atom. The van der Waals surface area contributed by atoms with Gasteiger partial charge in [-0.15, -0.1) is 0 Å². The topological polar surface area (TPSA) is 75.1 Å². The molecule has 0 aliphatic heterocycles. The van der Waals surface area contributed by atoms with Crippen LogP contribution in [0.4, 0.5) is 0 Å². The van der Waals surface area contributed by atoms with Gasteiger partial charge in [0.15, 0.2) is 17.2 Å². The van der Waals surface area contributed by atoms with Crippen molar-refractivity contribution in [2.24, 2.45) is 0 Å². The van der Waals surface area contributed by atoms with Crippen LogP contribution in [0.1, 0.15) is 11.1 Å². The molecule has 0 aliphatic carbocycles. The number of hydrogen-bond acceptors (Lipinski definition) is 5. The maximum atomic E-state index is 13.6. The molecule has 0 radical (unpaired) electrons. The highest BCUT2D eigenvalue weighted by atomic mass is 16.5. The summed E-state index contributed by atoms with van der Waals surface area (Å²) in [7, 11) is 1.60. The largest absolute Gasteiger partial charge is 0.497 e. The van der Waals surface area contributed by atoms with Gasteiger partial charge in [0.2, 0.25) is 0 Å². The summed E-state index contributed by atoms with van der Waals surface area (Å²) in [6.07, 6.45) is 3.12. The molecule has 0 atom stereocenters. The smallest absolute Gasteiger partial charge is 0.269 e. The summed E-state index contributed by atoms with van der Waals surface area (Å²) in [5.74, 6) is 1.59. The Morgan fingerprint density at radius 2 is 1.74 bits per heavy atom. The fourth-order valence-electron chi connectivity index (χ4n) is 3.56. The van der Waals surface area contributed by atoms with Crippen LogP contribution in [-0.4, -0.2) is 26.4 Å². The number of hydrogen-bond donors (Lipinski definition) is 0. The van der Waals surface area contributed by atoms with Crippen LogP contribution in [0.25, 0.3) is 34.0 Å². The average Bonchev–Trinajstić information content (AvgIpc) is 3.46. The molecule has 5 aromatic rings. The lowest BCUT2D eigenvalue weighted by Gasteiger charge is -2.12. The number of rotatable bonds is 4. The van der Waals surface area contributed by atoms with Crippen molar-refractivity contribution in [2.45, 2.75) is 13.8 Å². The zero-order chi connectivity index (χ0) is 21.5. The molecule has 0 unspecified atom stereocenters. The van der Waals surface area contributed by atoms with Crippen LogP contribution in [0.3, 0.4) is 0 Å². The number of furan rings is 1. The molecule has 0 saturated heterocycles. The monoisotopic (exact) mass is 412 g/mol. The summed E-state index contributed by atoms with van der Waals surface area (Å²) >= 11 is 0. The summed E-state index contributed by atoms with van der Waals surface area (Å²) in [5, 5.41) is 4.89. The Kier molecular flexibility index (Phi) is 4.43. The molecule has 0 saturated carbocycles. The lowest BCUT2D eigenvalue weighted by atomic mass is 10.1. The second-order valence-electron chi connectivity index (χ2n) is 7.31. The van der Waals surface area contributed by atoms with Crippen LogP contribution >= 0.6 is 0 Å². The standard InChI is InChI=1S/C24H20N4O3/c1-15-6-7-18(13-16(15)2)28-22-20(14-25-28)24(29)27(17-8-10-19(30-3)11-9-17)23(26-22)21-5-4-12-31-21/h4-14H,1-3H3. The van der Waals surface area contributed by atoms with Crippen molar-refractivity contribution in [2.75, 3.05) is 7.11 Å². The first kappa shape index (κ1) is 18.9. The van der Waals surface area contributed by atoms with Crippen molar-refractivity contribution < 1.29 is 9.15 Å². The van der Waals surface area contributed by atoms with Gasteiger partial charge in [-0.1, -0.05) is 6.07 Å². The Balaban J connectivity index is 1.80. The van der Waals surface area contributed by atoms with E-state index in [-0.39, 0.29) is 5.56 Å². The molecule has 0 N–H and O–H groups in total. The molecular weight excluding hydrogens is 392 g/mol. The van der Waals surface area contributed by atoms with E-state index in [1.807, 2.05) is 37.3 Å². The normalized spacial score (nSPS) is 11.2. The summed E-state index contributed by atoms with van der Waals surface area (Å²) < 4.78 is 14.1. The van der Waals surface area contributed by atoms with E-state index in [2.05, 4.69) is 12.0 Å². The molecule has 154 valence electrons. The van der Waals surface area contributed by atoms with Crippen LogP contribution in [0.15, 0.2) is 76.3 Å². The molecule has 5 rings (SSSR count). The van der Waals surface area contributed by atoms with Crippen LogP contribution < -0.4 is 10.3 Å². The van der Waals surface area contributed by atoms with Crippen LogP contribution in [0.5, 0.6) is 5.75 Å². The first-order valence-corrected chi connectivity index (χ1v) is 9.83. The summed E-state index contributed by atoms with van der Waals surface area (Å²) in [6, 6.07) is 16.8. The van der Waals surface area contributed by atoms with Gasteiger partial charge < -0.3 is 9.15 Å².